The van der Waals surface area contributed by atoms with E-state index in [1.807, 2.05) is 4.57 Å². The van der Waals surface area contributed by atoms with Gasteiger partial charge in [-0.2, -0.15) is 18.2 Å². The van der Waals surface area contributed by atoms with Crippen LogP contribution in [0.2, 0.25) is 0 Å². The van der Waals surface area contributed by atoms with Crippen LogP contribution in [0.3, 0.4) is 0 Å². The number of nitrogens with zero attached hydrogens (tertiary/aromatic N) is 4. The van der Waals surface area contributed by atoms with Crippen molar-refractivity contribution in [2.24, 2.45) is 0 Å². The number of halogens is 4. The highest BCUT2D eigenvalue weighted by atomic mass is 19.4. The number of ether oxygens (including phenoxy) is 1. The van der Waals surface area contributed by atoms with E-state index in [1.54, 1.807) is 18.5 Å². The van der Waals surface area contributed by atoms with E-state index in [4.69, 9.17) is 0 Å². The molecule has 1 aliphatic rings. The minimum atomic E-state index is -5.17. The number of alkyl halides is 3. The van der Waals surface area contributed by atoms with Crippen LogP contribution in [0.4, 0.5) is 17.6 Å². The van der Waals surface area contributed by atoms with Gasteiger partial charge in [-0.15, -0.1) is 0 Å². The molecule has 4 rings (SSSR count). The normalized spacial score (nSPS) is 15.1. The van der Waals surface area contributed by atoms with Gasteiger partial charge in [-0.1, -0.05) is 0 Å². The number of hydrogen-bond acceptors (Lipinski definition) is 6. The summed E-state index contributed by atoms with van der Waals surface area (Å²) < 4.78 is 57.2. The first-order valence-electron chi connectivity index (χ1n) is 9.49. The van der Waals surface area contributed by atoms with E-state index < -0.39 is 24.0 Å². The number of piperidine rings is 1. The zero-order valence-electron chi connectivity index (χ0n) is 16.1. The maximum atomic E-state index is 13.4. The Morgan fingerprint density at radius 2 is 1.81 bits per heavy atom. The zero-order valence-corrected chi connectivity index (χ0v) is 16.1. The van der Waals surface area contributed by atoms with Crippen molar-refractivity contribution in [3.8, 4) is 28.7 Å². The highest BCUT2D eigenvalue weighted by Gasteiger charge is 2.42. The Morgan fingerprint density at radius 1 is 1.10 bits per heavy atom. The third-order valence-corrected chi connectivity index (χ3v) is 4.91. The van der Waals surface area contributed by atoms with Gasteiger partial charge in [0.1, 0.15) is 5.82 Å². The van der Waals surface area contributed by atoms with Crippen molar-refractivity contribution in [3.63, 3.8) is 0 Å². The molecule has 31 heavy (non-hydrogen) atoms. The number of aromatic nitrogens is 4. The summed E-state index contributed by atoms with van der Waals surface area (Å²) in [6, 6.07) is 6.54. The predicted octanol–water partition coefficient (Wildman–Crippen LogP) is 3.54. The van der Waals surface area contributed by atoms with Gasteiger partial charge in [0, 0.05) is 17.8 Å². The molecule has 0 unspecified atom stereocenters. The summed E-state index contributed by atoms with van der Waals surface area (Å²) in [7, 11) is 0. The van der Waals surface area contributed by atoms with Crippen LogP contribution in [-0.4, -0.2) is 44.8 Å². The highest BCUT2D eigenvalue weighted by molar-refractivity contribution is 5.79. The molecule has 1 aliphatic heterocycles. The molecule has 162 valence electrons. The Morgan fingerprint density at radius 3 is 2.48 bits per heavy atom. The number of nitrogens with one attached hydrogen (secondary N) is 1. The average molecular weight is 435 g/mol. The molecule has 3 heterocycles. The standard InChI is InChI=1S/C20H17F4N5O2/c21-13-3-1-12(2-4-13)16-17(29(11-27-16)14-5-8-25-9-6-14)15-7-10-26-19(28-15)31-18(30)20(22,23)24/h1-4,7,10-11,14,25H,5-6,8-9H2. The molecular weight excluding hydrogens is 418 g/mol. The van der Waals surface area contributed by atoms with Crippen LogP contribution in [0.25, 0.3) is 22.6 Å². The van der Waals surface area contributed by atoms with E-state index >= 15 is 0 Å². The third kappa shape index (κ3) is 4.55. The zero-order chi connectivity index (χ0) is 22.0. The summed E-state index contributed by atoms with van der Waals surface area (Å²) in [5.41, 5.74) is 1.84. The first-order chi connectivity index (χ1) is 14.8. The molecule has 1 N–H and O–H groups in total. The highest BCUT2D eigenvalue weighted by Crippen LogP contribution is 2.35. The summed E-state index contributed by atoms with van der Waals surface area (Å²) in [5, 5.41) is 3.27. The quantitative estimate of drug-likeness (QED) is 0.499. The van der Waals surface area contributed by atoms with Crippen molar-refractivity contribution in [1.29, 1.82) is 0 Å². The number of carbonyl (C=O) groups excluding carboxylic acids is 1. The van der Waals surface area contributed by atoms with Gasteiger partial charge in [-0.05, 0) is 56.3 Å². The molecule has 0 radical (unpaired) electrons. The third-order valence-electron chi connectivity index (χ3n) is 4.91. The summed E-state index contributed by atoms with van der Waals surface area (Å²) in [5.74, 6) is -2.82. The van der Waals surface area contributed by atoms with Crippen LogP contribution in [0.1, 0.15) is 18.9 Å². The molecule has 11 heteroatoms. The monoisotopic (exact) mass is 435 g/mol. The van der Waals surface area contributed by atoms with Gasteiger partial charge in [-0.3, -0.25) is 0 Å². The molecular formula is C20H17F4N5O2. The molecule has 1 aromatic carbocycles. The van der Waals surface area contributed by atoms with Crippen molar-refractivity contribution in [2.75, 3.05) is 13.1 Å². The van der Waals surface area contributed by atoms with Crippen molar-refractivity contribution in [1.82, 2.24) is 24.8 Å². The van der Waals surface area contributed by atoms with Crippen molar-refractivity contribution >= 4 is 5.97 Å². The van der Waals surface area contributed by atoms with E-state index in [-0.39, 0.29) is 11.7 Å². The van der Waals surface area contributed by atoms with E-state index in [0.717, 1.165) is 25.9 Å². The first kappa shape index (κ1) is 20.9. The molecule has 1 saturated heterocycles. The molecule has 0 spiro atoms. The lowest BCUT2D eigenvalue weighted by Crippen LogP contribution is -2.29. The van der Waals surface area contributed by atoms with Gasteiger partial charge < -0.3 is 14.6 Å². The second-order valence-electron chi connectivity index (χ2n) is 6.95. The largest absolute Gasteiger partial charge is 0.491 e. The van der Waals surface area contributed by atoms with Crippen molar-refractivity contribution in [2.45, 2.75) is 25.1 Å². The van der Waals surface area contributed by atoms with Crippen molar-refractivity contribution in [3.05, 3.63) is 48.7 Å². The maximum absolute atomic E-state index is 13.4. The fraction of sp³-hybridized carbons (Fsp3) is 0.300. The van der Waals surface area contributed by atoms with Gasteiger partial charge in [0.2, 0.25) is 0 Å². The number of carbonyl (C=O) groups is 1. The lowest BCUT2D eigenvalue weighted by atomic mass is 10.0. The fourth-order valence-corrected chi connectivity index (χ4v) is 3.46. The number of imidazole rings is 1. The molecule has 2 aromatic heterocycles. The van der Waals surface area contributed by atoms with Crippen LogP contribution >= 0.6 is 0 Å². The maximum Gasteiger partial charge on any atom is 0.491 e. The van der Waals surface area contributed by atoms with Crippen LogP contribution in [-0.2, 0) is 4.79 Å². The molecule has 0 atom stereocenters. The van der Waals surface area contributed by atoms with Crippen LogP contribution in [0, 0.1) is 5.82 Å². The summed E-state index contributed by atoms with van der Waals surface area (Å²) in [6.45, 7) is 1.60. The number of rotatable bonds is 4. The summed E-state index contributed by atoms with van der Waals surface area (Å²) in [6.07, 6.45) is -0.709. The summed E-state index contributed by atoms with van der Waals surface area (Å²) >= 11 is 0. The Labute approximate surface area is 174 Å². The van der Waals surface area contributed by atoms with Crippen LogP contribution in [0.15, 0.2) is 42.9 Å². The minimum absolute atomic E-state index is 0.0779. The molecule has 0 amide bonds. The molecule has 0 bridgehead atoms. The fourth-order valence-electron chi connectivity index (χ4n) is 3.46. The summed E-state index contributed by atoms with van der Waals surface area (Å²) in [4.78, 5) is 23.3. The smallest absolute Gasteiger partial charge is 0.384 e. The topological polar surface area (TPSA) is 81.9 Å². The van der Waals surface area contributed by atoms with E-state index in [9.17, 15) is 22.4 Å². The second-order valence-corrected chi connectivity index (χ2v) is 6.95. The van der Waals surface area contributed by atoms with Crippen LogP contribution < -0.4 is 10.1 Å². The molecule has 0 aliphatic carbocycles. The molecule has 1 fully saturated rings. The number of esters is 1. The van der Waals surface area contributed by atoms with Gasteiger partial charge in [-0.25, -0.2) is 19.2 Å². The predicted molar refractivity (Wildman–Crippen MR) is 101 cm³/mol. The number of benzene rings is 1. The van der Waals surface area contributed by atoms with Gasteiger partial charge in [0.15, 0.2) is 0 Å². The SMILES string of the molecule is O=C(Oc1nccc(-c2c(-c3ccc(F)cc3)ncn2C2CCNCC2)n1)C(F)(F)F. The number of hydrogen-bond donors (Lipinski definition) is 1. The molecule has 3 aromatic rings. The van der Waals surface area contributed by atoms with Crippen molar-refractivity contribution < 1.29 is 27.1 Å². The Kier molecular flexibility index (Phi) is 5.68. The molecule has 0 saturated carbocycles. The van der Waals surface area contributed by atoms with E-state index in [2.05, 4.69) is 25.0 Å². The minimum Gasteiger partial charge on any atom is -0.384 e. The van der Waals surface area contributed by atoms with Gasteiger partial charge in [0.25, 0.3) is 0 Å². The Balaban J connectivity index is 1.78. The van der Waals surface area contributed by atoms with Crippen LogP contribution in [0.5, 0.6) is 6.01 Å². The van der Waals surface area contributed by atoms with Gasteiger partial charge in [0.05, 0.1) is 23.4 Å². The average Bonchev–Trinajstić information content (AvgIpc) is 3.19. The Hall–Kier alpha value is -3.34. The van der Waals surface area contributed by atoms with Gasteiger partial charge >= 0.3 is 18.2 Å². The lowest BCUT2D eigenvalue weighted by molar-refractivity contribution is -0.190. The second kappa shape index (κ2) is 8.42. The van der Waals surface area contributed by atoms with E-state index in [0.29, 0.717) is 17.0 Å². The molecule has 7 nitrogen and oxygen atoms in total. The van der Waals surface area contributed by atoms with E-state index in [1.165, 1.54) is 24.4 Å². The lowest BCUT2D eigenvalue weighted by Gasteiger charge is -2.25. The Bertz CT molecular complexity index is 1080. The first-order valence-corrected chi connectivity index (χ1v) is 9.49.